The number of phenols is 1. The van der Waals surface area contributed by atoms with Crippen molar-refractivity contribution in [1.82, 2.24) is 0 Å². The molecule has 0 saturated carbocycles. The molecule has 16 heavy (non-hydrogen) atoms. The highest BCUT2D eigenvalue weighted by atomic mass is 28.4. The minimum atomic E-state index is -4.61. The van der Waals surface area contributed by atoms with E-state index in [1.165, 1.54) is 25.3 Å². The largest absolute Gasteiger partial charge is 0.668 e. The molecule has 8 heteroatoms. The lowest BCUT2D eigenvalue weighted by molar-refractivity contribution is 0.111. The van der Waals surface area contributed by atoms with Gasteiger partial charge < -0.3 is 29.0 Å². The van der Waals surface area contributed by atoms with Gasteiger partial charge in [-0.2, -0.15) is 0 Å². The summed E-state index contributed by atoms with van der Waals surface area (Å²) in [6.07, 6.45) is 0.696. The predicted octanol–water partition coefficient (Wildman–Crippen LogP) is -1.40. The van der Waals surface area contributed by atoms with E-state index in [2.05, 4.69) is 0 Å². The Morgan fingerprint density at radius 2 is 1.75 bits per heavy atom. The second-order valence-corrected chi connectivity index (χ2v) is 3.85. The standard InChI is InChI=1S/C8H8O3.H4O4Si/c1-11-8-4-6(5-9)2-3-7(8)10;1-5(2,3)4/h2-5,10H,1H3;1-4H. The van der Waals surface area contributed by atoms with E-state index in [0.717, 1.165) is 0 Å². The molecule has 0 unspecified atom stereocenters. The first-order chi connectivity index (χ1) is 7.27. The van der Waals surface area contributed by atoms with Crippen LogP contribution in [-0.4, -0.2) is 46.7 Å². The van der Waals surface area contributed by atoms with Gasteiger partial charge in [0.25, 0.3) is 0 Å². The third kappa shape index (κ3) is 6.92. The molecule has 1 aromatic rings. The lowest BCUT2D eigenvalue weighted by atomic mass is 10.2. The summed E-state index contributed by atoms with van der Waals surface area (Å²) < 4.78 is 4.78. The fraction of sp³-hybridized carbons (Fsp3) is 0.125. The van der Waals surface area contributed by atoms with Gasteiger partial charge in [0.05, 0.1) is 7.11 Å². The fourth-order valence-electron chi connectivity index (χ4n) is 0.768. The maximum atomic E-state index is 10.2. The molecule has 7 nitrogen and oxygen atoms in total. The minimum absolute atomic E-state index is 0.0399. The molecule has 0 atom stereocenters. The number of carbonyl (C=O) groups excluding carboxylic acids is 1. The Morgan fingerprint density at radius 3 is 2.12 bits per heavy atom. The molecule has 0 bridgehead atoms. The van der Waals surface area contributed by atoms with Crippen molar-refractivity contribution < 1.29 is 33.8 Å². The molecule has 0 fully saturated rings. The van der Waals surface area contributed by atoms with Crippen molar-refractivity contribution in [2.24, 2.45) is 0 Å². The van der Waals surface area contributed by atoms with Crippen LogP contribution in [0.15, 0.2) is 18.2 Å². The van der Waals surface area contributed by atoms with E-state index >= 15 is 0 Å². The zero-order valence-corrected chi connectivity index (χ0v) is 9.36. The Bertz CT molecular complexity index is 341. The molecule has 0 aromatic heterocycles. The maximum absolute atomic E-state index is 10.2. The topological polar surface area (TPSA) is 127 Å². The highest BCUT2D eigenvalue weighted by Gasteiger charge is 2.22. The number of ether oxygens (including phenoxy) is 1. The first-order valence-electron chi connectivity index (χ1n) is 3.99. The number of methoxy groups -OCH3 is 1. The van der Waals surface area contributed by atoms with Crippen LogP contribution < -0.4 is 4.74 Å². The van der Waals surface area contributed by atoms with Crippen LogP contribution in [0.25, 0.3) is 0 Å². The van der Waals surface area contributed by atoms with E-state index in [1.807, 2.05) is 0 Å². The molecule has 0 radical (unpaired) electrons. The van der Waals surface area contributed by atoms with Gasteiger partial charge in [-0.1, -0.05) is 0 Å². The number of carbonyl (C=O) groups is 1. The van der Waals surface area contributed by atoms with Crippen LogP contribution in [0.3, 0.4) is 0 Å². The SMILES string of the molecule is COc1cc(C=O)ccc1O.O[Si](O)(O)O. The van der Waals surface area contributed by atoms with Crippen LogP contribution in [0.1, 0.15) is 10.4 Å². The molecule has 0 aliphatic rings. The summed E-state index contributed by atoms with van der Waals surface area (Å²) in [5, 5.41) is 9.09. The Morgan fingerprint density at radius 1 is 1.25 bits per heavy atom. The van der Waals surface area contributed by atoms with Gasteiger partial charge in [-0.15, -0.1) is 0 Å². The number of aromatic hydroxyl groups is 1. The molecule has 5 N–H and O–H groups in total. The number of phenolic OH excluding ortho intramolecular Hbond substituents is 1. The molecule has 0 amide bonds. The molecule has 0 saturated heterocycles. The van der Waals surface area contributed by atoms with Crippen molar-refractivity contribution in [3.05, 3.63) is 23.8 Å². The lowest BCUT2D eigenvalue weighted by Gasteiger charge is -2.01. The van der Waals surface area contributed by atoms with Gasteiger partial charge in [-0.25, -0.2) is 0 Å². The van der Waals surface area contributed by atoms with Gasteiger partial charge in [-0.3, -0.25) is 4.79 Å². The van der Waals surface area contributed by atoms with Gasteiger partial charge in [0.1, 0.15) is 6.29 Å². The van der Waals surface area contributed by atoms with Crippen molar-refractivity contribution >= 4 is 15.3 Å². The summed E-state index contributed by atoms with van der Waals surface area (Å²) in [6, 6.07) is 4.41. The first-order valence-corrected chi connectivity index (χ1v) is 5.78. The zero-order valence-electron chi connectivity index (χ0n) is 8.36. The van der Waals surface area contributed by atoms with E-state index in [9.17, 15) is 4.79 Å². The molecular weight excluding hydrogens is 236 g/mol. The van der Waals surface area contributed by atoms with Gasteiger partial charge in [0.15, 0.2) is 11.5 Å². The van der Waals surface area contributed by atoms with E-state index in [-0.39, 0.29) is 5.75 Å². The van der Waals surface area contributed by atoms with Crippen molar-refractivity contribution in [3.63, 3.8) is 0 Å². The van der Waals surface area contributed by atoms with E-state index in [1.54, 1.807) is 0 Å². The van der Waals surface area contributed by atoms with Crippen molar-refractivity contribution in [2.75, 3.05) is 7.11 Å². The summed E-state index contributed by atoms with van der Waals surface area (Å²) in [5.74, 6) is 0.354. The number of benzene rings is 1. The quantitative estimate of drug-likeness (QED) is 0.322. The molecule has 1 rings (SSSR count). The Balaban J connectivity index is 0.000000385. The monoisotopic (exact) mass is 248 g/mol. The van der Waals surface area contributed by atoms with Crippen LogP contribution in [0, 0.1) is 0 Å². The fourth-order valence-corrected chi connectivity index (χ4v) is 0.768. The molecule has 0 aliphatic heterocycles. The smallest absolute Gasteiger partial charge is 0.504 e. The van der Waals surface area contributed by atoms with Gasteiger partial charge >= 0.3 is 9.05 Å². The summed E-state index contributed by atoms with van der Waals surface area (Å²) in [6.45, 7) is 0. The average Bonchev–Trinajstić information content (AvgIpc) is 2.16. The number of hydrogen-bond donors (Lipinski definition) is 5. The third-order valence-electron chi connectivity index (χ3n) is 1.34. The highest BCUT2D eigenvalue weighted by molar-refractivity contribution is 6.46. The predicted molar refractivity (Wildman–Crippen MR) is 54.7 cm³/mol. The average molecular weight is 248 g/mol. The summed E-state index contributed by atoms with van der Waals surface area (Å²) in [5.41, 5.74) is 0.486. The van der Waals surface area contributed by atoms with Crippen molar-refractivity contribution in [1.29, 1.82) is 0 Å². The summed E-state index contributed by atoms with van der Waals surface area (Å²) >= 11 is 0. The van der Waals surface area contributed by atoms with Gasteiger partial charge in [-0.05, 0) is 18.2 Å². The van der Waals surface area contributed by atoms with Crippen molar-refractivity contribution in [2.45, 2.75) is 0 Å². The van der Waals surface area contributed by atoms with E-state index < -0.39 is 9.05 Å². The van der Waals surface area contributed by atoms with Crippen LogP contribution in [0.5, 0.6) is 11.5 Å². The zero-order chi connectivity index (χ0) is 12.8. The van der Waals surface area contributed by atoms with Crippen LogP contribution in [-0.2, 0) is 0 Å². The summed E-state index contributed by atoms with van der Waals surface area (Å²) in [4.78, 5) is 39.6. The second-order valence-electron chi connectivity index (χ2n) is 2.65. The van der Waals surface area contributed by atoms with Crippen molar-refractivity contribution in [3.8, 4) is 11.5 Å². The Kier molecular flexibility index (Phi) is 5.64. The van der Waals surface area contributed by atoms with Gasteiger partial charge in [0, 0.05) is 5.56 Å². The van der Waals surface area contributed by atoms with E-state index in [0.29, 0.717) is 17.6 Å². The molecule has 1 aromatic carbocycles. The normalized spacial score (nSPS) is 10.1. The number of aldehydes is 1. The molecule has 0 heterocycles. The maximum Gasteiger partial charge on any atom is 0.668 e. The van der Waals surface area contributed by atoms with Crippen LogP contribution >= 0.6 is 0 Å². The molecule has 0 spiro atoms. The molecular formula is C8H12O7Si. The van der Waals surface area contributed by atoms with Crippen LogP contribution in [0.2, 0.25) is 0 Å². The second kappa shape index (κ2) is 6.20. The first kappa shape index (κ1) is 14.5. The summed E-state index contributed by atoms with van der Waals surface area (Å²) in [7, 11) is -3.18. The van der Waals surface area contributed by atoms with Gasteiger partial charge in [0.2, 0.25) is 0 Å². The number of hydrogen-bond acceptors (Lipinski definition) is 7. The van der Waals surface area contributed by atoms with E-state index in [4.69, 9.17) is 29.0 Å². The minimum Gasteiger partial charge on any atom is -0.504 e. The number of rotatable bonds is 2. The molecule has 90 valence electrons. The molecule has 0 aliphatic carbocycles. The third-order valence-corrected chi connectivity index (χ3v) is 1.34. The highest BCUT2D eigenvalue weighted by Crippen LogP contribution is 2.25. The van der Waals surface area contributed by atoms with Crippen LogP contribution in [0.4, 0.5) is 0 Å². The Labute approximate surface area is 92.3 Å². The lowest BCUT2D eigenvalue weighted by Crippen LogP contribution is -2.33. The Hall–Kier alpha value is -1.45.